The Morgan fingerprint density at radius 2 is 1.76 bits per heavy atom. The Morgan fingerprint density at radius 1 is 0.939 bits per heavy atom. The number of hydrogen-bond donors (Lipinski definition) is 1. The van der Waals surface area contributed by atoms with Gasteiger partial charge < -0.3 is 5.32 Å². The van der Waals surface area contributed by atoms with Crippen molar-refractivity contribution in [1.29, 1.82) is 0 Å². The molecule has 6 nitrogen and oxygen atoms in total. The second-order valence-electron chi connectivity index (χ2n) is 7.48. The number of nitrogens with zero attached hydrogens (tertiary/aromatic N) is 4. The monoisotopic (exact) mass is 473 g/mol. The lowest BCUT2D eigenvalue weighted by Gasteiger charge is -2.11. The first-order valence-corrected chi connectivity index (χ1v) is 11.9. The van der Waals surface area contributed by atoms with E-state index in [0.717, 1.165) is 29.7 Å². The molecule has 2 aromatic carbocycles. The van der Waals surface area contributed by atoms with Gasteiger partial charge in [0.2, 0.25) is 0 Å². The largest absolute Gasteiger partial charge is 0.369 e. The predicted molar refractivity (Wildman–Crippen MR) is 134 cm³/mol. The molecule has 0 radical (unpaired) electrons. The number of hydrogen-bond acceptors (Lipinski definition) is 6. The molecule has 0 aliphatic heterocycles. The Kier molecular flexibility index (Phi) is 6.24. The fraction of sp³-hybridized carbons (Fsp3) is 0.120. The molecule has 33 heavy (non-hydrogen) atoms. The lowest BCUT2D eigenvalue weighted by atomic mass is 10.1. The van der Waals surface area contributed by atoms with Crippen LogP contribution in [0, 0.1) is 0 Å². The highest BCUT2D eigenvalue weighted by Gasteiger charge is 2.10. The normalized spacial score (nSPS) is 11.2. The van der Waals surface area contributed by atoms with Crippen LogP contribution < -0.4 is 10.9 Å². The van der Waals surface area contributed by atoms with Crippen LogP contribution in [0.4, 0.5) is 5.82 Å². The summed E-state index contributed by atoms with van der Waals surface area (Å²) in [5.41, 5.74) is 3.21. The Bertz CT molecular complexity index is 1490. The van der Waals surface area contributed by atoms with E-state index in [-0.39, 0.29) is 5.56 Å². The number of anilines is 1. The van der Waals surface area contributed by atoms with Crippen molar-refractivity contribution in [3.63, 3.8) is 0 Å². The van der Waals surface area contributed by atoms with Gasteiger partial charge in [0.05, 0.1) is 16.2 Å². The first kappa shape index (κ1) is 21.4. The van der Waals surface area contributed by atoms with Gasteiger partial charge >= 0.3 is 0 Å². The van der Waals surface area contributed by atoms with Crippen molar-refractivity contribution in [2.75, 3.05) is 11.9 Å². The van der Waals surface area contributed by atoms with E-state index < -0.39 is 0 Å². The van der Waals surface area contributed by atoms with Gasteiger partial charge in [-0.25, -0.2) is 15.0 Å². The fourth-order valence-electron chi connectivity index (χ4n) is 3.56. The van der Waals surface area contributed by atoms with E-state index in [1.807, 2.05) is 42.5 Å². The molecule has 0 aliphatic rings. The predicted octanol–water partition coefficient (Wildman–Crippen LogP) is 5.24. The average Bonchev–Trinajstić information content (AvgIpc) is 2.84. The van der Waals surface area contributed by atoms with E-state index >= 15 is 0 Å². The molecule has 3 heterocycles. The molecule has 3 aromatic heterocycles. The molecule has 8 heteroatoms. The molecular formula is C25H20ClN5OS. The van der Waals surface area contributed by atoms with Gasteiger partial charge in [0.1, 0.15) is 11.5 Å². The SMILES string of the molecule is O=c1cc(CSc2nc(NCCc3ccccc3)c3ccccc3n2)nc2ccc(Cl)cn12. The summed E-state index contributed by atoms with van der Waals surface area (Å²) < 4.78 is 1.44. The van der Waals surface area contributed by atoms with E-state index in [4.69, 9.17) is 21.6 Å². The highest BCUT2D eigenvalue weighted by atomic mass is 35.5. The third kappa shape index (κ3) is 4.99. The second-order valence-corrected chi connectivity index (χ2v) is 8.86. The second kappa shape index (κ2) is 9.60. The van der Waals surface area contributed by atoms with Crippen LogP contribution in [0.15, 0.2) is 88.9 Å². The van der Waals surface area contributed by atoms with E-state index in [2.05, 4.69) is 22.4 Å². The van der Waals surface area contributed by atoms with Crippen LogP contribution in [0.2, 0.25) is 5.02 Å². The maximum absolute atomic E-state index is 12.4. The first-order valence-electron chi connectivity index (χ1n) is 10.5. The quantitative estimate of drug-likeness (QED) is 0.257. The molecule has 0 unspecified atom stereocenters. The van der Waals surface area contributed by atoms with Gasteiger partial charge in [0.15, 0.2) is 5.16 Å². The van der Waals surface area contributed by atoms with Gasteiger partial charge in [-0.2, -0.15) is 0 Å². The van der Waals surface area contributed by atoms with Crippen molar-refractivity contribution < 1.29 is 0 Å². The zero-order valence-electron chi connectivity index (χ0n) is 17.6. The lowest BCUT2D eigenvalue weighted by Crippen LogP contribution is -2.15. The highest BCUT2D eigenvalue weighted by Crippen LogP contribution is 2.26. The third-order valence-electron chi connectivity index (χ3n) is 5.16. The van der Waals surface area contributed by atoms with Crippen molar-refractivity contribution in [3.8, 4) is 0 Å². The molecule has 0 aliphatic carbocycles. The summed E-state index contributed by atoms with van der Waals surface area (Å²) in [6.07, 6.45) is 2.47. The van der Waals surface area contributed by atoms with Crippen LogP contribution in [0.25, 0.3) is 16.6 Å². The minimum atomic E-state index is -0.166. The zero-order valence-corrected chi connectivity index (χ0v) is 19.2. The van der Waals surface area contributed by atoms with Gasteiger partial charge in [-0.05, 0) is 36.2 Å². The summed E-state index contributed by atoms with van der Waals surface area (Å²) in [6, 6.07) is 23.3. The zero-order chi connectivity index (χ0) is 22.6. The Morgan fingerprint density at radius 3 is 2.64 bits per heavy atom. The number of rotatable bonds is 7. The van der Waals surface area contributed by atoms with Crippen LogP contribution >= 0.6 is 23.4 Å². The van der Waals surface area contributed by atoms with Gasteiger partial charge in [-0.1, -0.05) is 65.8 Å². The number of nitrogens with one attached hydrogen (secondary N) is 1. The van der Waals surface area contributed by atoms with Crippen LogP contribution in [0.3, 0.4) is 0 Å². The maximum atomic E-state index is 12.4. The van der Waals surface area contributed by atoms with Crippen molar-refractivity contribution in [3.05, 3.63) is 106 Å². The number of fused-ring (bicyclic) bond motifs is 2. The molecular weight excluding hydrogens is 454 g/mol. The lowest BCUT2D eigenvalue weighted by molar-refractivity contribution is 0.959. The smallest absolute Gasteiger partial charge is 0.258 e. The Labute approximate surface area is 199 Å². The minimum absolute atomic E-state index is 0.166. The summed E-state index contributed by atoms with van der Waals surface area (Å²) >= 11 is 7.44. The Balaban J connectivity index is 1.36. The van der Waals surface area contributed by atoms with Gasteiger partial charge in [-0.15, -0.1) is 0 Å². The molecule has 5 aromatic rings. The van der Waals surface area contributed by atoms with E-state index in [0.29, 0.717) is 27.3 Å². The van der Waals surface area contributed by atoms with Crippen molar-refractivity contribution in [2.45, 2.75) is 17.3 Å². The summed E-state index contributed by atoms with van der Waals surface area (Å²) in [4.78, 5) is 26.5. The summed E-state index contributed by atoms with van der Waals surface area (Å²) in [5, 5.41) is 5.57. The molecule has 0 bridgehead atoms. The molecule has 164 valence electrons. The molecule has 0 amide bonds. The average molecular weight is 474 g/mol. The number of aromatic nitrogens is 4. The van der Waals surface area contributed by atoms with Gasteiger partial charge in [0, 0.05) is 29.9 Å². The molecule has 0 saturated carbocycles. The van der Waals surface area contributed by atoms with E-state index in [1.165, 1.54) is 27.8 Å². The third-order valence-corrected chi connectivity index (χ3v) is 6.26. The topological polar surface area (TPSA) is 72.2 Å². The van der Waals surface area contributed by atoms with Crippen LogP contribution in [0.5, 0.6) is 0 Å². The maximum Gasteiger partial charge on any atom is 0.258 e. The molecule has 0 saturated heterocycles. The van der Waals surface area contributed by atoms with Crippen molar-refractivity contribution in [1.82, 2.24) is 19.4 Å². The Hall–Kier alpha value is -3.42. The molecule has 5 rings (SSSR count). The molecule has 0 spiro atoms. The highest BCUT2D eigenvalue weighted by molar-refractivity contribution is 7.98. The number of thioether (sulfide) groups is 1. The number of pyridine rings is 1. The van der Waals surface area contributed by atoms with Gasteiger partial charge in [-0.3, -0.25) is 9.20 Å². The van der Waals surface area contributed by atoms with Crippen LogP contribution in [-0.4, -0.2) is 25.9 Å². The fourth-order valence-corrected chi connectivity index (χ4v) is 4.47. The van der Waals surface area contributed by atoms with E-state index in [1.54, 1.807) is 18.3 Å². The number of halogens is 1. The standard InChI is InChI=1S/C25H20ClN5OS/c26-18-10-11-22-28-19(14-23(32)31(22)15-18)16-33-25-29-21-9-5-4-8-20(21)24(30-25)27-13-12-17-6-2-1-3-7-17/h1-11,14-15H,12-13,16H2,(H,27,29,30). The summed E-state index contributed by atoms with van der Waals surface area (Å²) in [5.74, 6) is 1.29. The van der Waals surface area contributed by atoms with Gasteiger partial charge in [0.25, 0.3) is 5.56 Å². The summed E-state index contributed by atoms with van der Waals surface area (Å²) in [7, 11) is 0. The number of benzene rings is 2. The molecule has 0 fully saturated rings. The molecule has 0 atom stereocenters. The number of para-hydroxylation sites is 1. The van der Waals surface area contributed by atoms with E-state index in [9.17, 15) is 4.79 Å². The first-order chi connectivity index (χ1) is 16.2. The minimum Gasteiger partial charge on any atom is -0.369 e. The van der Waals surface area contributed by atoms with Crippen LogP contribution in [0.1, 0.15) is 11.3 Å². The van der Waals surface area contributed by atoms with Crippen molar-refractivity contribution in [2.24, 2.45) is 0 Å². The molecule has 1 N–H and O–H groups in total. The summed E-state index contributed by atoms with van der Waals surface area (Å²) in [6.45, 7) is 0.765. The van der Waals surface area contributed by atoms with Crippen molar-refractivity contribution >= 4 is 45.7 Å². The van der Waals surface area contributed by atoms with Crippen LogP contribution in [-0.2, 0) is 12.2 Å².